The Morgan fingerprint density at radius 2 is 2.29 bits per heavy atom. The van der Waals surface area contributed by atoms with Gasteiger partial charge in [0, 0.05) is 25.8 Å². The lowest BCUT2D eigenvalue weighted by Gasteiger charge is -2.32. The van der Waals surface area contributed by atoms with Gasteiger partial charge >= 0.3 is 0 Å². The summed E-state index contributed by atoms with van der Waals surface area (Å²) < 4.78 is 1.82. The molecular formula is C14H18N6O. The Morgan fingerprint density at radius 3 is 3.00 bits per heavy atom. The minimum Gasteiger partial charge on any atom is -0.337 e. The minimum absolute atomic E-state index is 0.0363. The molecule has 0 aliphatic carbocycles. The highest BCUT2D eigenvalue weighted by Gasteiger charge is 2.25. The molecule has 7 nitrogen and oxygen atoms in total. The number of aromatic nitrogens is 5. The van der Waals surface area contributed by atoms with Crippen LogP contribution in [-0.4, -0.2) is 48.6 Å². The molecule has 21 heavy (non-hydrogen) atoms. The van der Waals surface area contributed by atoms with E-state index in [4.69, 9.17) is 0 Å². The topological polar surface area (TPSA) is 76.8 Å². The standard InChI is InChI=1S/C14H18N6O/c1-11-5-17-13(6-16-11)14(21)19-4-2-3-12(7-19)8-20-10-15-9-18-20/h5-6,9-10,12H,2-4,7-8H2,1H3. The van der Waals surface area contributed by atoms with Gasteiger partial charge in [-0.2, -0.15) is 5.10 Å². The van der Waals surface area contributed by atoms with Crippen LogP contribution in [-0.2, 0) is 6.54 Å². The van der Waals surface area contributed by atoms with Gasteiger partial charge < -0.3 is 4.90 Å². The van der Waals surface area contributed by atoms with Crippen molar-refractivity contribution in [1.29, 1.82) is 0 Å². The number of hydrogen-bond acceptors (Lipinski definition) is 5. The summed E-state index contributed by atoms with van der Waals surface area (Å²) in [6.45, 7) is 4.16. The zero-order valence-electron chi connectivity index (χ0n) is 12.0. The fourth-order valence-electron chi connectivity index (χ4n) is 2.66. The first-order valence-corrected chi connectivity index (χ1v) is 7.12. The molecule has 0 bridgehead atoms. The highest BCUT2D eigenvalue weighted by molar-refractivity contribution is 5.92. The normalized spacial score (nSPS) is 18.7. The van der Waals surface area contributed by atoms with Gasteiger partial charge in [-0.1, -0.05) is 0 Å². The molecule has 2 aromatic heterocycles. The second-order valence-corrected chi connectivity index (χ2v) is 5.42. The quantitative estimate of drug-likeness (QED) is 0.839. The Kier molecular flexibility index (Phi) is 3.89. The number of likely N-dealkylation sites (tertiary alicyclic amines) is 1. The van der Waals surface area contributed by atoms with Crippen LogP contribution in [0.25, 0.3) is 0 Å². The fourth-order valence-corrected chi connectivity index (χ4v) is 2.66. The molecule has 0 aromatic carbocycles. The Balaban J connectivity index is 1.65. The predicted octanol–water partition coefficient (Wildman–Crippen LogP) is 0.929. The largest absolute Gasteiger partial charge is 0.337 e. The van der Waals surface area contributed by atoms with E-state index >= 15 is 0 Å². The second kappa shape index (κ2) is 5.99. The van der Waals surface area contributed by atoms with Gasteiger partial charge in [-0.25, -0.2) is 9.97 Å². The number of carbonyl (C=O) groups excluding carboxylic acids is 1. The molecule has 3 heterocycles. The van der Waals surface area contributed by atoms with Crippen molar-refractivity contribution in [2.75, 3.05) is 13.1 Å². The van der Waals surface area contributed by atoms with Gasteiger partial charge in [0.15, 0.2) is 0 Å². The number of piperidine rings is 1. The van der Waals surface area contributed by atoms with Crippen molar-refractivity contribution in [2.45, 2.75) is 26.3 Å². The van der Waals surface area contributed by atoms with Gasteiger partial charge in [0.05, 0.1) is 11.9 Å². The van der Waals surface area contributed by atoms with Crippen molar-refractivity contribution in [2.24, 2.45) is 5.92 Å². The van der Waals surface area contributed by atoms with Crippen molar-refractivity contribution in [3.05, 3.63) is 36.4 Å². The lowest BCUT2D eigenvalue weighted by atomic mass is 9.98. The summed E-state index contributed by atoms with van der Waals surface area (Å²) in [6.07, 6.45) is 8.54. The third-order valence-corrected chi connectivity index (χ3v) is 3.72. The molecule has 1 aliphatic rings. The maximum Gasteiger partial charge on any atom is 0.274 e. The van der Waals surface area contributed by atoms with Crippen LogP contribution in [0.1, 0.15) is 29.0 Å². The lowest BCUT2D eigenvalue weighted by Crippen LogP contribution is -2.41. The first-order valence-electron chi connectivity index (χ1n) is 7.12. The van der Waals surface area contributed by atoms with Crippen molar-refractivity contribution in [3.8, 4) is 0 Å². The molecule has 1 amide bonds. The van der Waals surface area contributed by atoms with Crippen LogP contribution < -0.4 is 0 Å². The third-order valence-electron chi connectivity index (χ3n) is 3.72. The average molecular weight is 286 g/mol. The Bertz CT molecular complexity index is 594. The Labute approximate surface area is 123 Å². The summed E-state index contributed by atoms with van der Waals surface area (Å²) in [7, 11) is 0. The molecule has 0 saturated carbocycles. The number of amides is 1. The van der Waals surface area contributed by atoms with E-state index in [1.165, 1.54) is 6.33 Å². The van der Waals surface area contributed by atoms with E-state index in [2.05, 4.69) is 20.1 Å². The molecule has 1 saturated heterocycles. The zero-order valence-corrected chi connectivity index (χ0v) is 12.0. The van der Waals surface area contributed by atoms with Crippen LogP contribution in [0.15, 0.2) is 25.0 Å². The Morgan fingerprint density at radius 1 is 1.38 bits per heavy atom. The number of rotatable bonds is 3. The van der Waals surface area contributed by atoms with Crippen molar-refractivity contribution < 1.29 is 4.79 Å². The molecule has 0 radical (unpaired) electrons. The highest BCUT2D eigenvalue weighted by Crippen LogP contribution is 2.19. The molecule has 1 fully saturated rings. The summed E-state index contributed by atoms with van der Waals surface area (Å²) in [5.41, 5.74) is 1.23. The summed E-state index contributed by atoms with van der Waals surface area (Å²) in [4.78, 5) is 26.6. The van der Waals surface area contributed by atoms with Gasteiger partial charge in [0.2, 0.25) is 0 Å². The molecule has 7 heteroatoms. The van der Waals surface area contributed by atoms with Crippen LogP contribution >= 0.6 is 0 Å². The van der Waals surface area contributed by atoms with Gasteiger partial charge in [-0.15, -0.1) is 0 Å². The van der Waals surface area contributed by atoms with Gasteiger partial charge in [-0.05, 0) is 25.7 Å². The van der Waals surface area contributed by atoms with Crippen molar-refractivity contribution in [1.82, 2.24) is 29.6 Å². The Hall–Kier alpha value is -2.31. The van der Waals surface area contributed by atoms with Gasteiger partial charge in [-0.3, -0.25) is 14.5 Å². The molecule has 0 N–H and O–H groups in total. The van der Waals surface area contributed by atoms with Crippen LogP contribution in [0.2, 0.25) is 0 Å². The fraction of sp³-hybridized carbons (Fsp3) is 0.500. The summed E-state index contributed by atoms with van der Waals surface area (Å²) in [5, 5.41) is 4.13. The monoisotopic (exact) mass is 286 g/mol. The van der Waals surface area contributed by atoms with E-state index < -0.39 is 0 Å². The maximum absolute atomic E-state index is 12.4. The molecule has 2 aromatic rings. The number of aryl methyl sites for hydroxylation is 1. The van der Waals surface area contributed by atoms with E-state index in [-0.39, 0.29) is 5.91 Å². The second-order valence-electron chi connectivity index (χ2n) is 5.42. The van der Waals surface area contributed by atoms with Gasteiger partial charge in [0.1, 0.15) is 18.3 Å². The smallest absolute Gasteiger partial charge is 0.274 e. The van der Waals surface area contributed by atoms with Crippen LogP contribution in [0.5, 0.6) is 0 Å². The van der Waals surface area contributed by atoms with E-state index in [9.17, 15) is 4.79 Å². The highest BCUT2D eigenvalue weighted by atomic mass is 16.2. The molecule has 110 valence electrons. The number of hydrogen-bond donors (Lipinski definition) is 0. The van der Waals surface area contributed by atoms with E-state index in [1.807, 2.05) is 16.5 Å². The van der Waals surface area contributed by atoms with E-state index in [0.29, 0.717) is 11.6 Å². The first-order chi connectivity index (χ1) is 10.2. The van der Waals surface area contributed by atoms with Crippen molar-refractivity contribution in [3.63, 3.8) is 0 Å². The van der Waals surface area contributed by atoms with Gasteiger partial charge in [0.25, 0.3) is 5.91 Å². The average Bonchev–Trinajstić information content (AvgIpc) is 3.00. The first kappa shape index (κ1) is 13.7. The predicted molar refractivity (Wildman–Crippen MR) is 75.4 cm³/mol. The van der Waals surface area contributed by atoms with Crippen molar-refractivity contribution >= 4 is 5.91 Å². The summed E-state index contributed by atoms with van der Waals surface area (Å²) >= 11 is 0. The van der Waals surface area contributed by atoms with E-state index in [1.54, 1.807) is 18.7 Å². The van der Waals surface area contributed by atoms with Crippen LogP contribution in [0.3, 0.4) is 0 Å². The van der Waals surface area contributed by atoms with Crippen LogP contribution in [0.4, 0.5) is 0 Å². The number of carbonyl (C=O) groups is 1. The van der Waals surface area contributed by atoms with Crippen LogP contribution in [0, 0.1) is 12.8 Å². The zero-order chi connectivity index (χ0) is 14.7. The molecular weight excluding hydrogens is 268 g/mol. The summed E-state index contributed by atoms with van der Waals surface area (Å²) in [6, 6.07) is 0. The SMILES string of the molecule is Cc1cnc(C(=O)N2CCCC(Cn3cncn3)C2)cn1. The molecule has 1 atom stereocenters. The third kappa shape index (κ3) is 3.24. The number of nitrogens with zero attached hydrogens (tertiary/aromatic N) is 6. The minimum atomic E-state index is -0.0363. The summed E-state index contributed by atoms with van der Waals surface area (Å²) in [5.74, 6) is 0.369. The molecule has 3 rings (SSSR count). The molecule has 0 spiro atoms. The maximum atomic E-state index is 12.4. The molecule has 1 aliphatic heterocycles. The van der Waals surface area contributed by atoms with E-state index in [0.717, 1.165) is 38.2 Å². The molecule has 1 unspecified atom stereocenters. The lowest BCUT2D eigenvalue weighted by molar-refractivity contribution is 0.0653.